The van der Waals surface area contributed by atoms with Gasteiger partial charge in [0.25, 0.3) is 0 Å². The van der Waals surface area contributed by atoms with Gasteiger partial charge in [0, 0.05) is 19.1 Å². The minimum atomic E-state index is 0.640. The monoisotopic (exact) mass is 296 g/mol. The molecule has 0 unspecified atom stereocenters. The molecule has 0 bridgehead atoms. The van der Waals surface area contributed by atoms with Gasteiger partial charge in [-0.15, -0.1) is 0 Å². The molecule has 0 heterocycles. The summed E-state index contributed by atoms with van der Waals surface area (Å²) in [5.74, 6) is 0. The second-order valence-corrected chi connectivity index (χ2v) is 5.89. The second-order valence-electron chi connectivity index (χ2n) is 5.89. The number of nitrogens with one attached hydrogen (secondary N) is 1. The molecule has 0 saturated heterocycles. The van der Waals surface area contributed by atoms with Crippen molar-refractivity contribution in [3.63, 3.8) is 0 Å². The fourth-order valence-electron chi connectivity index (χ4n) is 2.78. The Morgan fingerprint density at radius 3 is 1.82 bits per heavy atom. The van der Waals surface area contributed by atoms with Gasteiger partial charge in [-0.25, -0.2) is 0 Å². The van der Waals surface area contributed by atoms with Crippen molar-refractivity contribution >= 4 is 0 Å². The molecule has 2 heteroatoms. The van der Waals surface area contributed by atoms with Gasteiger partial charge in [0.05, 0.1) is 0 Å². The molecule has 0 amide bonds. The first kappa shape index (κ1) is 16.7. The highest BCUT2D eigenvalue weighted by Gasteiger charge is 2.11. The Balaban J connectivity index is 0.000000188. The predicted molar refractivity (Wildman–Crippen MR) is 94.5 cm³/mol. The van der Waals surface area contributed by atoms with Crippen LogP contribution in [0.2, 0.25) is 0 Å². The zero-order chi connectivity index (χ0) is 15.5. The van der Waals surface area contributed by atoms with Crippen molar-refractivity contribution in [1.82, 2.24) is 5.32 Å². The van der Waals surface area contributed by atoms with Gasteiger partial charge in [0.15, 0.2) is 0 Å². The summed E-state index contributed by atoms with van der Waals surface area (Å²) in [5, 5.41) is 3.64. The Bertz CT molecular complexity index is 490. The van der Waals surface area contributed by atoms with Crippen LogP contribution in [0.4, 0.5) is 0 Å². The maximum absolute atomic E-state index is 5.35. The quantitative estimate of drug-likeness (QED) is 0.885. The molecule has 22 heavy (non-hydrogen) atoms. The second kappa shape index (κ2) is 10.1. The summed E-state index contributed by atoms with van der Waals surface area (Å²) in [5.41, 5.74) is 7.94. The third-order valence-corrected chi connectivity index (χ3v) is 4.12. The van der Waals surface area contributed by atoms with E-state index in [9.17, 15) is 0 Å². The van der Waals surface area contributed by atoms with E-state index in [0.29, 0.717) is 6.54 Å². The van der Waals surface area contributed by atoms with E-state index in [1.54, 1.807) is 0 Å². The Kier molecular flexibility index (Phi) is 7.71. The van der Waals surface area contributed by atoms with Crippen molar-refractivity contribution < 1.29 is 0 Å². The fraction of sp³-hybridized carbons (Fsp3) is 0.400. The Morgan fingerprint density at radius 2 is 1.32 bits per heavy atom. The van der Waals surface area contributed by atoms with Gasteiger partial charge in [-0.2, -0.15) is 0 Å². The van der Waals surface area contributed by atoms with E-state index in [1.165, 1.54) is 43.2 Å². The van der Waals surface area contributed by atoms with Crippen molar-refractivity contribution in [3.8, 4) is 0 Å². The summed E-state index contributed by atoms with van der Waals surface area (Å²) >= 11 is 0. The molecule has 1 aliphatic rings. The average Bonchev–Trinajstić information content (AvgIpc) is 2.63. The van der Waals surface area contributed by atoms with Crippen molar-refractivity contribution in [2.75, 3.05) is 0 Å². The minimum absolute atomic E-state index is 0.640. The largest absolute Gasteiger partial charge is 0.326 e. The standard InChI is InChI=1S/C13H19N.C7H9N/c1-3-7-12(8-4-1)11-14-13-9-5-2-6-10-13;8-6-7-4-2-1-3-5-7/h1,3-4,7-8,13-14H,2,5-6,9-11H2;1-5H,6,8H2. The highest BCUT2D eigenvalue weighted by atomic mass is 14.9. The SMILES string of the molecule is NCc1ccccc1.c1ccc(CNC2CCCCC2)cc1. The fourth-order valence-corrected chi connectivity index (χ4v) is 2.78. The smallest absolute Gasteiger partial charge is 0.0208 e. The number of nitrogens with two attached hydrogens (primary N) is 1. The molecule has 0 aromatic heterocycles. The lowest BCUT2D eigenvalue weighted by Gasteiger charge is -2.22. The topological polar surface area (TPSA) is 38.0 Å². The van der Waals surface area contributed by atoms with Gasteiger partial charge in [0.1, 0.15) is 0 Å². The van der Waals surface area contributed by atoms with Crippen LogP contribution in [0.3, 0.4) is 0 Å². The lowest BCUT2D eigenvalue weighted by Crippen LogP contribution is -2.30. The minimum Gasteiger partial charge on any atom is -0.326 e. The number of hydrogen-bond donors (Lipinski definition) is 2. The summed E-state index contributed by atoms with van der Waals surface area (Å²) in [6.07, 6.45) is 6.99. The number of benzene rings is 2. The molecule has 3 N–H and O–H groups in total. The summed E-state index contributed by atoms with van der Waals surface area (Å²) < 4.78 is 0. The van der Waals surface area contributed by atoms with Crippen molar-refractivity contribution in [2.45, 2.75) is 51.2 Å². The summed E-state index contributed by atoms with van der Waals surface area (Å²) in [6.45, 7) is 1.67. The maximum atomic E-state index is 5.35. The normalized spacial score (nSPS) is 15.0. The maximum Gasteiger partial charge on any atom is 0.0208 e. The highest BCUT2D eigenvalue weighted by Crippen LogP contribution is 2.17. The van der Waals surface area contributed by atoms with Crippen LogP contribution < -0.4 is 11.1 Å². The van der Waals surface area contributed by atoms with Crippen LogP contribution in [0.25, 0.3) is 0 Å². The first-order valence-corrected chi connectivity index (χ1v) is 8.40. The first-order valence-electron chi connectivity index (χ1n) is 8.40. The van der Waals surface area contributed by atoms with Crippen LogP contribution in [0.15, 0.2) is 60.7 Å². The molecule has 0 radical (unpaired) electrons. The number of rotatable bonds is 4. The molecule has 118 valence electrons. The Morgan fingerprint density at radius 1 is 0.773 bits per heavy atom. The third-order valence-electron chi connectivity index (χ3n) is 4.12. The summed E-state index contributed by atoms with van der Waals surface area (Å²) in [7, 11) is 0. The first-order chi connectivity index (χ1) is 10.9. The van der Waals surface area contributed by atoms with Gasteiger partial charge < -0.3 is 11.1 Å². The lowest BCUT2D eigenvalue weighted by molar-refractivity contribution is 0.372. The Labute approximate surface area is 134 Å². The molecule has 1 fully saturated rings. The van der Waals surface area contributed by atoms with E-state index in [4.69, 9.17) is 5.73 Å². The van der Waals surface area contributed by atoms with Gasteiger partial charge in [0.2, 0.25) is 0 Å². The third kappa shape index (κ3) is 6.42. The van der Waals surface area contributed by atoms with Crippen LogP contribution in [-0.4, -0.2) is 6.04 Å². The highest BCUT2D eigenvalue weighted by molar-refractivity contribution is 5.14. The molecule has 2 aromatic carbocycles. The van der Waals surface area contributed by atoms with E-state index >= 15 is 0 Å². The molecule has 0 atom stereocenters. The average molecular weight is 296 g/mol. The van der Waals surface area contributed by atoms with E-state index in [2.05, 4.69) is 35.6 Å². The lowest BCUT2D eigenvalue weighted by atomic mass is 9.95. The van der Waals surface area contributed by atoms with Crippen LogP contribution in [0.5, 0.6) is 0 Å². The predicted octanol–water partition coefficient (Wildman–Crippen LogP) is 4.25. The van der Waals surface area contributed by atoms with Crippen LogP contribution in [0.1, 0.15) is 43.2 Å². The molecule has 2 nitrogen and oxygen atoms in total. The van der Waals surface area contributed by atoms with Gasteiger partial charge in [-0.1, -0.05) is 79.9 Å². The van der Waals surface area contributed by atoms with Gasteiger partial charge in [-0.05, 0) is 24.0 Å². The van der Waals surface area contributed by atoms with E-state index in [0.717, 1.165) is 12.6 Å². The van der Waals surface area contributed by atoms with E-state index in [1.807, 2.05) is 30.3 Å². The van der Waals surface area contributed by atoms with Crippen LogP contribution in [-0.2, 0) is 13.1 Å². The van der Waals surface area contributed by atoms with Crippen LogP contribution >= 0.6 is 0 Å². The molecule has 3 rings (SSSR count). The molecule has 1 aliphatic carbocycles. The van der Waals surface area contributed by atoms with Gasteiger partial charge >= 0.3 is 0 Å². The van der Waals surface area contributed by atoms with E-state index in [-0.39, 0.29) is 0 Å². The molecule has 1 saturated carbocycles. The zero-order valence-corrected chi connectivity index (χ0v) is 13.4. The molecule has 0 spiro atoms. The van der Waals surface area contributed by atoms with Gasteiger partial charge in [-0.3, -0.25) is 0 Å². The summed E-state index contributed by atoms with van der Waals surface area (Å²) in [4.78, 5) is 0. The molecule has 0 aliphatic heterocycles. The molecule has 2 aromatic rings. The van der Waals surface area contributed by atoms with Crippen molar-refractivity contribution in [1.29, 1.82) is 0 Å². The van der Waals surface area contributed by atoms with Crippen molar-refractivity contribution in [3.05, 3.63) is 71.8 Å². The summed E-state index contributed by atoms with van der Waals surface area (Å²) in [6, 6.07) is 21.4. The molecular formula is C20H28N2. The van der Waals surface area contributed by atoms with E-state index < -0.39 is 0 Å². The van der Waals surface area contributed by atoms with Crippen LogP contribution in [0, 0.1) is 0 Å². The number of hydrogen-bond acceptors (Lipinski definition) is 2. The zero-order valence-electron chi connectivity index (χ0n) is 13.4. The van der Waals surface area contributed by atoms with Crippen molar-refractivity contribution in [2.24, 2.45) is 5.73 Å². The Hall–Kier alpha value is -1.64. The molecular weight excluding hydrogens is 268 g/mol.